The average Bonchev–Trinajstić information content (AvgIpc) is 3.62. The average molecular weight is 566 g/mol. The highest BCUT2D eigenvalue weighted by Crippen LogP contribution is 2.62. The summed E-state index contributed by atoms with van der Waals surface area (Å²) in [5.74, 6) is 0.231. The van der Waals surface area contributed by atoms with E-state index in [9.17, 15) is 9.00 Å². The van der Waals surface area contributed by atoms with Gasteiger partial charge in [-0.1, -0.05) is 11.6 Å². The Bertz CT molecular complexity index is 1750. The second kappa shape index (κ2) is 8.76. The fourth-order valence-corrected chi connectivity index (χ4v) is 7.58. The van der Waals surface area contributed by atoms with Gasteiger partial charge in [-0.25, -0.2) is 13.4 Å². The molecule has 0 aliphatic heterocycles. The van der Waals surface area contributed by atoms with E-state index in [4.69, 9.17) is 21.1 Å². The summed E-state index contributed by atoms with van der Waals surface area (Å²) in [4.78, 5) is 17.4. The Morgan fingerprint density at radius 1 is 1.21 bits per heavy atom. The van der Waals surface area contributed by atoms with Gasteiger partial charge in [0.15, 0.2) is 0 Å². The summed E-state index contributed by atoms with van der Waals surface area (Å²) in [5.41, 5.74) is 1.43. The largest absolute Gasteiger partial charge is 0.455 e. The first kappa shape index (κ1) is 24.5. The number of rotatable bonds is 8. The molecule has 1 atom stereocenters. The number of benzene rings is 2. The van der Waals surface area contributed by atoms with E-state index < -0.39 is 15.5 Å². The lowest BCUT2D eigenvalue weighted by molar-refractivity contribution is -0.115. The molecule has 4 aliphatic rings. The Labute approximate surface area is 229 Å². The van der Waals surface area contributed by atoms with Crippen molar-refractivity contribution in [1.82, 2.24) is 14.8 Å². The number of ether oxygens (including phenoxy) is 1. The standard InChI is InChI=1S/C28H25ClFN5O3S/c29-22-7-17(8-27(36)34-18-14-33-35(15-18)28-11-16(12-28)13-28)23(30)10-26(22)38-25-5-6-32-24-4-3-20(9-21(24)25)39(31,37)19-1-2-19/h3-7,9-10,14-16,19,31H,1-2,8,11-13H2,(H,34,36). The number of hydrogen-bond donors (Lipinski definition) is 2. The summed E-state index contributed by atoms with van der Waals surface area (Å²) in [6.45, 7) is 0. The first-order chi connectivity index (χ1) is 18.7. The van der Waals surface area contributed by atoms with Gasteiger partial charge in [-0.05, 0) is 73.9 Å². The van der Waals surface area contributed by atoms with E-state index in [1.54, 1.807) is 36.7 Å². The molecule has 8 nitrogen and oxygen atoms in total. The van der Waals surface area contributed by atoms with Crippen molar-refractivity contribution in [1.29, 1.82) is 4.78 Å². The molecule has 4 fully saturated rings. The normalized spacial score (nSPS) is 23.0. The molecule has 4 saturated carbocycles. The Balaban J connectivity index is 1.09. The number of aromatic nitrogens is 3. The summed E-state index contributed by atoms with van der Waals surface area (Å²) in [6, 6.07) is 9.17. The van der Waals surface area contributed by atoms with Gasteiger partial charge in [-0.2, -0.15) is 5.10 Å². The summed E-state index contributed by atoms with van der Waals surface area (Å²) < 4.78 is 44.3. The fourth-order valence-electron chi connectivity index (χ4n) is 5.61. The summed E-state index contributed by atoms with van der Waals surface area (Å²) in [5, 5.41) is 7.75. The molecule has 8 rings (SSSR count). The van der Waals surface area contributed by atoms with Crippen LogP contribution in [0.3, 0.4) is 0 Å². The van der Waals surface area contributed by atoms with Crippen LogP contribution in [-0.2, 0) is 26.5 Å². The minimum Gasteiger partial charge on any atom is -0.455 e. The minimum absolute atomic E-state index is 0.0739. The van der Waals surface area contributed by atoms with E-state index in [1.807, 2.05) is 10.9 Å². The number of carbonyl (C=O) groups is 1. The van der Waals surface area contributed by atoms with E-state index in [0.717, 1.165) is 44.1 Å². The number of carbonyl (C=O) groups excluding carboxylic acids is 1. The number of halogens is 2. The number of amides is 1. The Kier molecular flexibility index (Phi) is 5.51. The van der Waals surface area contributed by atoms with Gasteiger partial charge < -0.3 is 10.1 Å². The SMILES string of the molecule is N=S(=O)(c1ccc2nccc(Oc3cc(F)c(CC(=O)Nc4cnn(C56CC(C5)C6)c4)cc3Cl)c2c1)C1CC1. The second-order valence-electron chi connectivity index (χ2n) is 10.9. The van der Waals surface area contributed by atoms with E-state index in [0.29, 0.717) is 27.2 Å². The molecule has 2 N–H and O–H groups in total. The van der Waals surface area contributed by atoms with Gasteiger partial charge in [0, 0.05) is 34.0 Å². The van der Waals surface area contributed by atoms with Crippen molar-refractivity contribution in [3.8, 4) is 11.5 Å². The third-order valence-electron chi connectivity index (χ3n) is 8.05. The molecule has 2 aromatic carbocycles. The molecule has 2 bridgehead atoms. The van der Waals surface area contributed by atoms with E-state index in [2.05, 4.69) is 15.4 Å². The van der Waals surface area contributed by atoms with Crippen molar-refractivity contribution in [3.63, 3.8) is 0 Å². The van der Waals surface area contributed by atoms with Gasteiger partial charge in [0.2, 0.25) is 5.91 Å². The molecular formula is C28H25ClFN5O3S. The van der Waals surface area contributed by atoms with Gasteiger partial charge in [-0.15, -0.1) is 0 Å². The molecule has 4 aliphatic carbocycles. The topological polar surface area (TPSA) is 110 Å². The zero-order valence-electron chi connectivity index (χ0n) is 20.8. The number of hydrogen-bond acceptors (Lipinski definition) is 6. The fraction of sp³-hybridized carbons (Fsp3) is 0.321. The molecule has 0 radical (unpaired) electrons. The van der Waals surface area contributed by atoms with Crippen molar-refractivity contribution >= 4 is 43.8 Å². The summed E-state index contributed by atoms with van der Waals surface area (Å²) in [6.07, 6.45) is 9.78. The van der Waals surface area contributed by atoms with Crippen LogP contribution in [0.4, 0.5) is 10.1 Å². The second-order valence-corrected chi connectivity index (χ2v) is 13.6. The molecule has 0 spiro atoms. The van der Waals surface area contributed by atoms with Gasteiger partial charge in [0.05, 0.1) is 44.1 Å². The van der Waals surface area contributed by atoms with Crippen LogP contribution in [0.25, 0.3) is 10.9 Å². The quantitative estimate of drug-likeness (QED) is 0.261. The maximum atomic E-state index is 15.1. The predicted octanol–water partition coefficient (Wildman–Crippen LogP) is 6.27. The van der Waals surface area contributed by atoms with Crippen LogP contribution in [0.1, 0.15) is 37.7 Å². The maximum Gasteiger partial charge on any atom is 0.228 e. The van der Waals surface area contributed by atoms with Crippen molar-refractivity contribution in [2.24, 2.45) is 5.92 Å². The maximum absolute atomic E-state index is 15.1. The summed E-state index contributed by atoms with van der Waals surface area (Å²) >= 11 is 6.45. The Hall–Kier alpha value is -3.50. The van der Waals surface area contributed by atoms with Crippen molar-refractivity contribution < 1.29 is 18.1 Å². The van der Waals surface area contributed by atoms with Crippen LogP contribution in [-0.4, -0.2) is 30.1 Å². The highest BCUT2D eigenvalue weighted by Gasteiger charge is 2.58. The Morgan fingerprint density at radius 2 is 2.00 bits per heavy atom. The van der Waals surface area contributed by atoms with Crippen molar-refractivity contribution in [3.05, 3.63) is 71.4 Å². The number of fused-ring (bicyclic) bond motifs is 1. The first-order valence-corrected chi connectivity index (χ1v) is 14.9. The number of nitrogens with zero attached hydrogens (tertiary/aromatic N) is 3. The van der Waals surface area contributed by atoms with Crippen LogP contribution in [0.2, 0.25) is 5.02 Å². The molecule has 4 aromatic rings. The summed E-state index contributed by atoms with van der Waals surface area (Å²) in [7, 11) is -2.92. The monoisotopic (exact) mass is 565 g/mol. The number of anilines is 1. The van der Waals surface area contributed by atoms with Crippen molar-refractivity contribution in [2.45, 2.75) is 54.2 Å². The van der Waals surface area contributed by atoms with Crippen molar-refractivity contribution in [2.75, 3.05) is 5.32 Å². The van der Waals surface area contributed by atoms with Crippen LogP contribution in [0.15, 0.2) is 59.9 Å². The zero-order chi connectivity index (χ0) is 26.9. The van der Waals surface area contributed by atoms with Gasteiger partial charge in [0.25, 0.3) is 0 Å². The third-order valence-corrected chi connectivity index (χ3v) is 10.7. The van der Waals surface area contributed by atoms with Crippen LogP contribution in [0, 0.1) is 16.5 Å². The molecule has 0 saturated heterocycles. The smallest absolute Gasteiger partial charge is 0.228 e. The molecule has 11 heteroatoms. The van der Waals surface area contributed by atoms with Crippen LogP contribution >= 0.6 is 11.6 Å². The zero-order valence-corrected chi connectivity index (χ0v) is 22.4. The molecule has 200 valence electrons. The third kappa shape index (κ3) is 4.26. The van der Waals surface area contributed by atoms with Gasteiger partial charge in [-0.3, -0.25) is 14.5 Å². The molecular weight excluding hydrogens is 541 g/mol. The van der Waals surface area contributed by atoms with E-state index in [-0.39, 0.29) is 39.5 Å². The lowest BCUT2D eigenvalue weighted by Gasteiger charge is -2.61. The highest BCUT2D eigenvalue weighted by atomic mass is 35.5. The Morgan fingerprint density at radius 3 is 2.72 bits per heavy atom. The van der Waals surface area contributed by atoms with Crippen LogP contribution in [0.5, 0.6) is 11.5 Å². The van der Waals surface area contributed by atoms with Crippen LogP contribution < -0.4 is 10.1 Å². The predicted molar refractivity (Wildman–Crippen MR) is 145 cm³/mol. The minimum atomic E-state index is -2.92. The molecule has 1 amide bonds. The first-order valence-electron chi connectivity index (χ1n) is 12.9. The van der Waals surface area contributed by atoms with Gasteiger partial charge >= 0.3 is 0 Å². The lowest BCUT2D eigenvalue weighted by Crippen LogP contribution is -2.59. The molecule has 1 unspecified atom stereocenters. The van der Waals surface area contributed by atoms with E-state index in [1.165, 1.54) is 6.07 Å². The molecule has 39 heavy (non-hydrogen) atoms. The number of pyridine rings is 1. The number of nitrogens with one attached hydrogen (secondary N) is 2. The molecule has 2 aromatic heterocycles. The highest BCUT2D eigenvalue weighted by molar-refractivity contribution is 7.93. The lowest BCUT2D eigenvalue weighted by atomic mass is 9.50. The van der Waals surface area contributed by atoms with E-state index >= 15 is 4.39 Å². The van der Waals surface area contributed by atoms with Gasteiger partial charge in [0.1, 0.15) is 17.3 Å². The molecule has 2 heterocycles.